The Labute approximate surface area is 226 Å². The van der Waals surface area contributed by atoms with Crippen LogP contribution in [0, 0.1) is 12.7 Å². The highest BCUT2D eigenvalue weighted by atomic mass is 19.4. The minimum absolute atomic E-state index is 0.0394. The van der Waals surface area contributed by atoms with Gasteiger partial charge in [-0.25, -0.2) is 9.07 Å². The Kier molecular flexibility index (Phi) is 7.27. The number of carbonyl (C=O) groups excluding carboxylic acids is 1. The van der Waals surface area contributed by atoms with E-state index in [0.717, 1.165) is 41.6 Å². The fourth-order valence-corrected chi connectivity index (χ4v) is 4.59. The first-order valence-corrected chi connectivity index (χ1v) is 12.4. The fraction of sp³-hybridized carbons (Fsp3) is 0.346. The Hall–Kier alpha value is -4.33. The Morgan fingerprint density at radius 2 is 1.98 bits per heavy atom. The van der Waals surface area contributed by atoms with Crippen molar-refractivity contribution in [2.45, 2.75) is 39.2 Å². The molecule has 0 spiro atoms. The number of ether oxygens (including phenoxy) is 1. The van der Waals surface area contributed by atoms with Gasteiger partial charge in [0.25, 0.3) is 5.91 Å². The van der Waals surface area contributed by atoms with Gasteiger partial charge in [-0.1, -0.05) is 11.3 Å². The average Bonchev–Trinajstić information content (AvgIpc) is 3.54. The largest absolute Gasteiger partial charge is 0.494 e. The monoisotopic (exact) mass is 558 g/mol. The number of pyridine rings is 1. The number of aromatic nitrogens is 6. The zero-order chi connectivity index (χ0) is 28.6. The Balaban J connectivity index is 1.40. The molecule has 0 fully saturated rings. The molecular formula is C26H26F4N8O2. The van der Waals surface area contributed by atoms with Crippen molar-refractivity contribution < 1.29 is 27.1 Å². The second-order valence-corrected chi connectivity index (χ2v) is 9.55. The molecule has 1 aliphatic heterocycles. The van der Waals surface area contributed by atoms with Gasteiger partial charge >= 0.3 is 6.18 Å². The molecule has 10 nitrogen and oxygen atoms in total. The molecular weight excluding hydrogens is 532 g/mol. The number of methoxy groups -OCH3 is 1. The van der Waals surface area contributed by atoms with Gasteiger partial charge < -0.3 is 15.0 Å². The van der Waals surface area contributed by atoms with Crippen LogP contribution in [-0.2, 0) is 32.2 Å². The van der Waals surface area contributed by atoms with E-state index in [1.54, 1.807) is 19.2 Å². The van der Waals surface area contributed by atoms with E-state index >= 15 is 4.39 Å². The summed E-state index contributed by atoms with van der Waals surface area (Å²) in [6, 6.07) is 6.55. The first-order valence-electron chi connectivity index (χ1n) is 12.4. The molecule has 1 aromatic carbocycles. The van der Waals surface area contributed by atoms with Crippen LogP contribution < -0.4 is 10.1 Å². The van der Waals surface area contributed by atoms with E-state index in [1.165, 1.54) is 23.9 Å². The van der Waals surface area contributed by atoms with Gasteiger partial charge in [0.15, 0.2) is 17.3 Å². The summed E-state index contributed by atoms with van der Waals surface area (Å²) in [6.45, 7) is 2.78. The number of amides is 1. The fourth-order valence-electron chi connectivity index (χ4n) is 4.59. The molecule has 4 aromatic rings. The number of likely N-dealkylation sites (N-methyl/N-ethyl adjacent to an activating group) is 1. The van der Waals surface area contributed by atoms with Crippen LogP contribution in [-0.4, -0.2) is 61.3 Å². The van der Waals surface area contributed by atoms with Crippen molar-refractivity contribution in [2.24, 2.45) is 0 Å². The van der Waals surface area contributed by atoms with Crippen molar-refractivity contribution in [1.82, 2.24) is 40.0 Å². The lowest BCUT2D eigenvalue weighted by Gasteiger charge is -2.24. The molecule has 1 N–H and O–H groups in total. The molecule has 3 aromatic heterocycles. The van der Waals surface area contributed by atoms with Crippen LogP contribution in [0.2, 0.25) is 0 Å². The van der Waals surface area contributed by atoms with E-state index in [1.807, 2.05) is 13.1 Å². The highest BCUT2D eigenvalue weighted by Crippen LogP contribution is 2.31. The van der Waals surface area contributed by atoms with Gasteiger partial charge in [0, 0.05) is 43.5 Å². The molecule has 40 heavy (non-hydrogen) atoms. The quantitative estimate of drug-likeness (QED) is 0.347. The van der Waals surface area contributed by atoms with Crippen molar-refractivity contribution >= 4 is 5.91 Å². The van der Waals surface area contributed by atoms with Crippen LogP contribution in [0.5, 0.6) is 5.75 Å². The van der Waals surface area contributed by atoms with Crippen LogP contribution in [0.3, 0.4) is 0 Å². The minimum Gasteiger partial charge on any atom is -0.494 e. The Morgan fingerprint density at radius 3 is 2.67 bits per heavy atom. The lowest BCUT2D eigenvalue weighted by Crippen LogP contribution is -2.27. The molecule has 0 unspecified atom stereocenters. The number of aryl methyl sites for hydroxylation is 1. The average molecular weight is 559 g/mol. The highest BCUT2D eigenvalue weighted by Gasteiger charge is 2.39. The zero-order valence-electron chi connectivity index (χ0n) is 22.0. The van der Waals surface area contributed by atoms with Crippen LogP contribution in [0.1, 0.15) is 44.3 Å². The first-order chi connectivity index (χ1) is 19.0. The lowest BCUT2D eigenvalue weighted by molar-refractivity contribution is -0.141. The topological polar surface area (TPSA) is 103 Å². The maximum absolute atomic E-state index is 15.2. The molecule has 0 saturated carbocycles. The normalized spacial score (nSPS) is 13.8. The molecule has 0 bridgehead atoms. The van der Waals surface area contributed by atoms with Gasteiger partial charge in [-0.3, -0.25) is 14.5 Å². The lowest BCUT2D eigenvalue weighted by atomic mass is 10.1. The van der Waals surface area contributed by atoms with Gasteiger partial charge in [0.1, 0.15) is 0 Å². The molecule has 0 radical (unpaired) electrons. The van der Waals surface area contributed by atoms with E-state index in [0.29, 0.717) is 11.4 Å². The molecule has 210 valence electrons. The molecule has 0 atom stereocenters. The summed E-state index contributed by atoms with van der Waals surface area (Å²) >= 11 is 0. The maximum atomic E-state index is 15.2. The smallest absolute Gasteiger partial charge is 0.435 e. The molecule has 14 heteroatoms. The number of fused-ring (bicyclic) bond motifs is 1. The number of halogens is 4. The molecule has 1 aliphatic rings. The molecule has 0 saturated heterocycles. The third kappa shape index (κ3) is 5.52. The number of benzene rings is 1. The highest BCUT2D eigenvalue weighted by molar-refractivity contribution is 5.95. The standard InChI is InChI=1S/C26H26F4N8O2/c1-15-11-38(35-33-15)21-6-7-22(40-3)23(27)18(21)10-31-25(39)19-14-37(34-24(19)26(28,29)30)13-17-5-4-16-12-36(2)9-8-20(16)32-17/h4-7,11,14H,8-10,12-13H2,1-3H3,(H,31,39). The van der Waals surface area contributed by atoms with Gasteiger partial charge in [0.05, 0.1) is 42.5 Å². The summed E-state index contributed by atoms with van der Waals surface area (Å²) in [7, 11) is 3.28. The number of hydrogen-bond donors (Lipinski definition) is 1. The summed E-state index contributed by atoms with van der Waals surface area (Å²) in [5.74, 6) is -1.95. The summed E-state index contributed by atoms with van der Waals surface area (Å²) < 4.78 is 64.2. The van der Waals surface area contributed by atoms with Crippen molar-refractivity contribution in [2.75, 3.05) is 20.7 Å². The molecule has 0 aliphatic carbocycles. The predicted molar refractivity (Wildman–Crippen MR) is 134 cm³/mol. The number of nitrogens with zero attached hydrogens (tertiary/aromatic N) is 7. The third-order valence-corrected chi connectivity index (χ3v) is 6.58. The number of carbonyl (C=O) groups is 1. The predicted octanol–water partition coefficient (Wildman–Crippen LogP) is 3.30. The zero-order valence-corrected chi connectivity index (χ0v) is 22.0. The van der Waals surface area contributed by atoms with Crippen LogP contribution in [0.4, 0.5) is 17.6 Å². The maximum Gasteiger partial charge on any atom is 0.435 e. The molecule has 5 rings (SSSR count). The number of nitrogens with one attached hydrogen (secondary N) is 1. The summed E-state index contributed by atoms with van der Waals surface area (Å²) in [4.78, 5) is 19.8. The Bertz CT molecular complexity index is 1560. The van der Waals surface area contributed by atoms with E-state index in [9.17, 15) is 18.0 Å². The van der Waals surface area contributed by atoms with Gasteiger partial charge in [-0.05, 0) is 37.7 Å². The van der Waals surface area contributed by atoms with E-state index in [4.69, 9.17) is 4.74 Å². The van der Waals surface area contributed by atoms with E-state index in [2.05, 4.69) is 30.6 Å². The van der Waals surface area contributed by atoms with Crippen molar-refractivity contribution in [3.05, 3.63) is 81.9 Å². The van der Waals surface area contributed by atoms with Crippen molar-refractivity contribution in [3.8, 4) is 11.4 Å². The molecule has 1 amide bonds. The third-order valence-electron chi connectivity index (χ3n) is 6.58. The van der Waals surface area contributed by atoms with Crippen LogP contribution in [0.15, 0.2) is 36.7 Å². The van der Waals surface area contributed by atoms with E-state index in [-0.39, 0.29) is 23.5 Å². The number of alkyl halides is 3. The van der Waals surface area contributed by atoms with E-state index < -0.39 is 35.7 Å². The SMILES string of the molecule is COc1ccc(-n2cc(C)nn2)c(CNC(=O)c2cn(Cc3ccc4c(n3)CCN(C)C4)nc2C(F)(F)F)c1F. The number of rotatable bonds is 7. The van der Waals surface area contributed by atoms with Gasteiger partial charge in [-0.2, -0.15) is 18.3 Å². The van der Waals surface area contributed by atoms with Crippen LogP contribution >= 0.6 is 0 Å². The Morgan fingerprint density at radius 1 is 1.18 bits per heavy atom. The minimum atomic E-state index is -4.89. The summed E-state index contributed by atoms with van der Waals surface area (Å²) in [5, 5.41) is 13.9. The van der Waals surface area contributed by atoms with Crippen molar-refractivity contribution in [3.63, 3.8) is 0 Å². The second-order valence-electron chi connectivity index (χ2n) is 9.55. The van der Waals surface area contributed by atoms with Crippen molar-refractivity contribution in [1.29, 1.82) is 0 Å². The van der Waals surface area contributed by atoms with Crippen LogP contribution in [0.25, 0.3) is 5.69 Å². The van der Waals surface area contributed by atoms with Gasteiger partial charge in [-0.15, -0.1) is 5.10 Å². The number of hydrogen-bond acceptors (Lipinski definition) is 7. The molecule has 4 heterocycles. The summed E-state index contributed by atoms with van der Waals surface area (Å²) in [5.41, 5.74) is 1.23. The first kappa shape index (κ1) is 27.2. The second kappa shape index (κ2) is 10.7. The summed E-state index contributed by atoms with van der Waals surface area (Å²) in [6.07, 6.45) is -1.59. The van der Waals surface area contributed by atoms with Gasteiger partial charge in [0.2, 0.25) is 0 Å².